The van der Waals surface area contributed by atoms with Gasteiger partial charge >= 0.3 is 5.97 Å². The average Bonchev–Trinajstić information content (AvgIpc) is 2.95. The molecule has 1 heterocycles. The summed E-state index contributed by atoms with van der Waals surface area (Å²) < 4.78 is 5.43. The third kappa shape index (κ3) is 5.49. The quantitative estimate of drug-likeness (QED) is 0.842. The predicted octanol–water partition coefficient (Wildman–Crippen LogP) is 2.31. The first-order chi connectivity index (χ1) is 10.8. The van der Waals surface area contributed by atoms with Crippen LogP contribution in [0.5, 0.6) is 0 Å². The number of likely N-dealkylation sites (tertiary alicyclic amines) is 1. The Morgan fingerprint density at radius 2 is 1.92 bits per heavy atom. The molecule has 2 atom stereocenters. The van der Waals surface area contributed by atoms with Crippen LogP contribution in [0.1, 0.15) is 39.2 Å². The second-order valence-corrected chi connectivity index (χ2v) is 7.02. The fourth-order valence-corrected chi connectivity index (χ4v) is 2.81. The molecule has 24 heavy (non-hydrogen) atoms. The number of halogens is 1. The van der Waals surface area contributed by atoms with Gasteiger partial charge in [0.25, 0.3) is 0 Å². The fourth-order valence-electron chi connectivity index (χ4n) is 2.81. The summed E-state index contributed by atoms with van der Waals surface area (Å²) in [5.41, 5.74) is 6.54. The molecule has 0 radical (unpaired) electrons. The highest BCUT2D eigenvalue weighted by Crippen LogP contribution is 2.22. The van der Waals surface area contributed by atoms with Crippen LogP contribution in [0.4, 0.5) is 0 Å². The van der Waals surface area contributed by atoms with Crippen molar-refractivity contribution in [3.05, 3.63) is 35.9 Å². The second-order valence-electron chi connectivity index (χ2n) is 7.02. The van der Waals surface area contributed by atoms with E-state index >= 15 is 0 Å². The van der Waals surface area contributed by atoms with E-state index in [4.69, 9.17) is 10.5 Å². The van der Waals surface area contributed by atoms with Crippen molar-refractivity contribution in [2.75, 3.05) is 6.54 Å². The van der Waals surface area contributed by atoms with Gasteiger partial charge in [-0.2, -0.15) is 0 Å². The zero-order valence-corrected chi connectivity index (χ0v) is 15.3. The molecule has 6 heteroatoms. The second kappa shape index (κ2) is 8.49. The van der Waals surface area contributed by atoms with E-state index in [1.807, 2.05) is 51.1 Å². The first kappa shape index (κ1) is 20.5. The molecular formula is C18H27ClN2O3. The van der Waals surface area contributed by atoms with E-state index in [1.165, 1.54) is 0 Å². The summed E-state index contributed by atoms with van der Waals surface area (Å²) >= 11 is 0. The summed E-state index contributed by atoms with van der Waals surface area (Å²) in [6.45, 7) is 6.04. The van der Waals surface area contributed by atoms with E-state index in [0.717, 1.165) is 12.0 Å². The minimum atomic E-state index is -0.638. The van der Waals surface area contributed by atoms with Gasteiger partial charge in [0.1, 0.15) is 11.6 Å². The van der Waals surface area contributed by atoms with Gasteiger partial charge < -0.3 is 15.4 Å². The summed E-state index contributed by atoms with van der Waals surface area (Å²) in [6.07, 6.45) is 1.91. The topological polar surface area (TPSA) is 72.6 Å². The number of rotatable bonds is 4. The minimum absolute atomic E-state index is 0. The van der Waals surface area contributed by atoms with E-state index in [1.54, 1.807) is 4.90 Å². The Balaban J connectivity index is 0.00000288. The zero-order chi connectivity index (χ0) is 17.0. The maximum absolute atomic E-state index is 12.6. The number of nitrogens with zero attached hydrogens (tertiary/aromatic N) is 1. The Hall–Kier alpha value is -1.59. The summed E-state index contributed by atoms with van der Waals surface area (Å²) in [7, 11) is 0. The third-order valence-corrected chi connectivity index (χ3v) is 3.83. The van der Waals surface area contributed by atoms with Gasteiger partial charge in [-0.25, -0.2) is 4.79 Å². The lowest BCUT2D eigenvalue weighted by Gasteiger charge is -2.29. The van der Waals surface area contributed by atoms with Crippen LogP contribution in [0, 0.1) is 0 Å². The van der Waals surface area contributed by atoms with Gasteiger partial charge in [0.15, 0.2) is 0 Å². The standard InChI is InChI=1S/C18H26N2O3.ClH/c1-18(2,3)23-17(22)15-10-7-11-20(15)16(21)14(19)12-13-8-5-4-6-9-13;/h4-6,8-9,14-15H,7,10-12,19H2,1-3H3;1H/t14-,15+;/m1./s1. The Labute approximate surface area is 149 Å². The Morgan fingerprint density at radius 3 is 2.50 bits per heavy atom. The molecule has 134 valence electrons. The smallest absolute Gasteiger partial charge is 0.329 e. The van der Waals surface area contributed by atoms with Crippen LogP contribution in [0.3, 0.4) is 0 Å². The highest BCUT2D eigenvalue weighted by Gasteiger charge is 2.38. The first-order valence-electron chi connectivity index (χ1n) is 8.11. The average molecular weight is 355 g/mol. The molecule has 1 aliphatic rings. The van der Waals surface area contributed by atoms with Gasteiger partial charge in [-0.3, -0.25) is 4.79 Å². The Bertz CT molecular complexity index is 557. The zero-order valence-electron chi connectivity index (χ0n) is 14.5. The van der Waals surface area contributed by atoms with Crippen molar-refractivity contribution in [1.82, 2.24) is 4.90 Å². The molecule has 0 aromatic heterocycles. The van der Waals surface area contributed by atoms with Crippen molar-refractivity contribution in [2.45, 2.75) is 57.7 Å². The highest BCUT2D eigenvalue weighted by atomic mass is 35.5. The van der Waals surface area contributed by atoms with Crippen LogP contribution in [0.25, 0.3) is 0 Å². The lowest BCUT2D eigenvalue weighted by molar-refractivity contribution is -0.163. The number of amides is 1. The van der Waals surface area contributed by atoms with Crippen LogP contribution < -0.4 is 5.73 Å². The van der Waals surface area contributed by atoms with Crippen molar-refractivity contribution >= 4 is 24.3 Å². The molecule has 2 rings (SSSR count). The van der Waals surface area contributed by atoms with E-state index in [2.05, 4.69) is 0 Å². The van der Waals surface area contributed by atoms with Crippen LogP contribution in [-0.2, 0) is 20.7 Å². The van der Waals surface area contributed by atoms with Crippen molar-refractivity contribution < 1.29 is 14.3 Å². The van der Waals surface area contributed by atoms with Crippen LogP contribution >= 0.6 is 12.4 Å². The van der Waals surface area contributed by atoms with Gasteiger partial charge in [-0.1, -0.05) is 30.3 Å². The summed E-state index contributed by atoms with van der Waals surface area (Å²) in [5.74, 6) is -0.516. The van der Waals surface area contributed by atoms with E-state index < -0.39 is 17.7 Å². The molecule has 0 saturated carbocycles. The normalized spacial score (nSPS) is 18.7. The van der Waals surface area contributed by atoms with Gasteiger partial charge in [0, 0.05) is 6.54 Å². The monoisotopic (exact) mass is 354 g/mol. The maximum Gasteiger partial charge on any atom is 0.329 e. The number of benzene rings is 1. The minimum Gasteiger partial charge on any atom is -0.458 e. The Morgan fingerprint density at radius 1 is 1.29 bits per heavy atom. The van der Waals surface area contributed by atoms with E-state index in [9.17, 15) is 9.59 Å². The maximum atomic E-state index is 12.6. The molecule has 1 amide bonds. The van der Waals surface area contributed by atoms with Gasteiger partial charge in [0.05, 0.1) is 6.04 Å². The Kier molecular flexibility index (Phi) is 7.24. The lowest BCUT2D eigenvalue weighted by Crippen LogP contribution is -2.50. The summed E-state index contributed by atoms with van der Waals surface area (Å²) in [6, 6.07) is 8.52. The number of ether oxygens (including phenoxy) is 1. The molecule has 0 bridgehead atoms. The summed E-state index contributed by atoms with van der Waals surface area (Å²) in [4.78, 5) is 26.5. The number of esters is 1. The SMILES string of the molecule is CC(C)(C)OC(=O)[C@@H]1CCCN1C(=O)[C@H](N)Cc1ccccc1.Cl. The van der Waals surface area contributed by atoms with Crippen LogP contribution in [-0.4, -0.2) is 41.0 Å². The van der Waals surface area contributed by atoms with Crippen molar-refractivity contribution in [3.8, 4) is 0 Å². The van der Waals surface area contributed by atoms with Crippen LogP contribution in [0.2, 0.25) is 0 Å². The highest BCUT2D eigenvalue weighted by molar-refractivity contribution is 5.88. The molecule has 5 nitrogen and oxygen atoms in total. The van der Waals surface area contributed by atoms with Gasteiger partial charge in [-0.15, -0.1) is 12.4 Å². The third-order valence-electron chi connectivity index (χ3n) is 3.83. The number of carbonyl (C=O) groups is 2. The van der Waals surface area contributed by atoms with Crippen molar-refractivity contribution in [2.24, 2.45) is 5.73 Å². The molecule has 2 N–H and O–H groups in total. The number of carbonyl (C=O) groups excluding carboxylic acids is 2. The van der Waals surface area contributed by atoms with Crippen molar-refractivity contribution in [1.29, 1.82) is 0 Å². The molecule has 1 fully saturated rings. The van der Waals surface area contributed by atoms with Gasteiger partial charge in [-0.05, 0) is 45.6 Å². The molecule has 1 aliphatic heterocycles. The molecule has 1 aromatic rings. The summed E-state index contributed by atoms with van der Waals surface area (Å²) in [5, 5.41) is 0. The lowest BCUT2D eigenvalue weighted by atomic mass is 10.1. The fraction of sp³-hybridized carbons (Fsp3) is 0.556. The largest absolute Gasteiger partial charge is 0.458 e. The number of nitrogens with two attached hydrogens (primary N) is 1. The first-order valence-corrected chi connectivity index (χ1v) is 8.11. The molecule has 1 saturated heterocycles. The molecule has 0 spiro atoms. The molecular weight excluding hydrogens is 328 g/mol. The molecule has 0 aliphatic carbocycles. The number of hydrogen-bond acceptors (Lipinski definition) is 4. The van der Waals surface area contributed by atoms with Gasteiger partial charge in [0.2, 0.25) is 5.91 Å². The van der Waals surface area contributed by atoms with E-state index in [0.29, 0.717) is 19.4 Å². The predicted molar refractivity (Wildman–Crippen MR) is 95.9 cm³/mol. The molecule has 1 aromatic carbocycles. The molecule has 0 unspecified atom stereocenters. The van der Waals surface area contributed by atoms with Crippen LogP contribution in [0.15, 0.2) is 30.3 Å². The van der Waals surface area contributed by atoms with E-state index in [-0.39, 0.29) is 24.3 Å². The number of hydrogen-bond donors (Lipinski definition) is 1. The van der Waals surface area contributed by atoms with Crippen molar-refractivity contribution in [3.63, 3.8) is 0 Å².